The number of aromatic nitrogens is 4. The van der Waals surface area contributed by atoms with E-state index in [1.54, 1.807) is 36.9 Å². The topological polar surface area (TPSA) is 95.1 Å². The smallest absolute Gasteiger partial charge is 0.247 e. The fourth-order valence-electron chi connectivity index (χ4n) is 3.08. The lowest BCUT2D eigenvalue weighted by atomic mass is 10.1. The largest absolute Gasteiger partial charge is 0.495 e. The maximum absolute atomic E-state index is 12.6. The Balaban J connectivity index is 1.82. The van der Waals surface area contributed by atoms with Crippen LogP contribution in [0.1, 0.15) is 29.8 Å². The molecule has 0 radical (unpaired) electrons. The molecule has 1 amide bonds. The van der Waals surface area contributed by atoms with Gasteiger partial charge in [-0.05, 0) is 44.0 Å². The molecule has 0 aliphatic carbocycles. The third-order valence-electron chi connectivity index (χ3n) is 4.42. The summed E-state index contributed by atoms with van der Waals surface area (Å²) in [5, 5.41) is 15.2. The number of nitrogens with zero attached hydrogens (tertiary/aromatic N) is 4. The van der Waals surface area contributed by atoms with Gasteiger partial charge >= 0.3 is 0 Å². The summed E-state index contributed by atoms with van der Waals surface area (Å²) in [5.74, 6) is 1.21. The van der Waals surface area contributed by atoms with Gasteiger partial charge in [-0.3, -0.25) is 9.48 Å². The van der Waals surface area contributed by atoms with E-state index in [1.165, 1.54) is 5.56 Å². The number of carbonyl (C=O) groups excluding carboxylic acids is 1. The third kappa shape index (κ3) is 3.84. The first-order valence-electron chi connectivity index (χ1n) is 8.74. The minimum absolute atomic E-state index is 0.125. The van der Waals surface area contributed by atoms with Crippen LogP contribution < -0.4 is 10.1 Å². The molecule has 0 spiro atoms. The van der Waals surface area contributed by atoms with Gasteiger partial charge in [0, 0.05) is 18.2 Å². The molecule has 1 N–H and O–H groups in total. The molecule has 0 aliphatic rings. The van der Waals surface area contributed by atoms with E-state index in [0.29, 0.717) is 28.8 Å². The normalized spacial score (nSPS) is 10.9. The minimum atomic E-state index is -0.194. The monoisotopic (exact) mass is 369 g/mol. The van der Waals surface area contributed by atoms with Crippen LogP contribution in [0, 0.1) is 20.8 Å². The van der Waals surface area contributed by atoms with Gasteiger partial charge in [-0.1, -0.05) is 6.92 Å². The predicted octanol–water partition coefficient (Wildman–Crippen LogP) is 3.07. The highest BCUT2D eigenvalue weighted by Crippen LogP contribution is 2.30. The molecule has 3 aromatic rings. The van der Waals surface area contributed by atoms with Crippen LogP contribution in [0.2, 0.25) is 0 Å². The van der Waals surface area contributed by atoms with Crippen LogP contribution in [0.4, 0.5) is 5.69 Å². The summed E-state index contributed by atoms with van der Waals surface area (Å²) >= 11 is 0. The van der Waals surface area contributed by atoms with Crippen LogP contribution in [0.15, 0.2) is 22.6 Å². The van der Waals surface area contributed by atoms with E-state index in [1.807, 2.05) is 13.8 Å². The fourth-order valence-corrected chi connectivity index (χ4v) is 3.08. The number of hydrogen-bond acceptors (Lipinski definition) is 6. The summed E-state index contributed by atoms with van der Waals surface area (Å²) in [7, 11) is 1.55. The first-order valence-corrected chi connectivity index (χ1v) is 8.74. The highest BCUT2D eigenvalue weighted by atomic mass is 16.5. The van der Waals surface area contributed by atoms with Crippen molar-refractivity contribution in [1.82, 2.24) is 20.0 Å². The molecule has 0 saturated carbocycles. The first kappa shape index (κ1) is 18.6. The maximum atomic E-state index is 12.6. The maximum Gasteiger partial charge on any atom is 0.247 e. The van der Waals surface area contributed by atoms with Gasteiger partial charge in [-0.2, -0.15) is 5.10 Å². The van der Waals surface area contributed by atoms with Gasteiger partial charge in [0.05, 0.1) is 18.5 Å². The zero-order valence-electron chi connectivity index (χ0n) is 16.2. The molecule has 0 unspecified atom stereocenters. The Kier molecular flexibility index (Phi) is 5.25. The Labute approximate surface area is 157 Å². The van der Waals surface area contributed by atoms with Gasteiger partial charge in [0.1, 0.15) is 12.3 Å². The second kappa shape index (κ2) is 7.61. The van der Waals surface area contributed by atoms with Gasteiger partial charge in [-0.25, -0.2) is 0 Å². The average molecular weight is 369 g/mol. The molecular weight excluding hydrogens is 346 g/mol. The van der Waals surface area contributed by atoms with E-state index in [-0.39, 0.29) is 12.5 Å². The Hall–Kier alpha value is -3.16. The SMILES string of the molecule is CCc1c(C)nn(CC(=O)Nc2cc(-c3nnc(C)o3)ccc2OC)c1C. The highest BCUT2D eigenvalue weighted by Gasteiger charge is 2.15. The zero-order valence-corrected chi connectivity index (χ0v) is 16.2. The standard InChI is InChI=1S/C19H23N5O3/c1-6-15-11(2)23-24(12(15)3)10-18(25)20-16-9-14(7-8-17(16)26-5)19-22-21-13(4)27-19/h7-9H,6,10H2,1-5H3,(H,20,25). The van der Waals surface area contributed by atoms with Crippen molar-refractivity contribution in [2.45, 2.75) is 40.7 Å². The Morgan fingerprint density at radius 1 is 1.26 bits per heavy atom. The molecule has 0 bridgehead atoms. The van der Waals surface area contributed by atoms with Gasteiger partial charge in [0.25, 0.3) is 0 Å². The number of aryl methyl sites for hydroxylation is 2. The molecule has 142 valence electrons. The lowest BCUT2D eigenvalue weighted by molar-refractivity contribution is -0.116. The molecular formula is C19H23N5O3. The summed E-state index contributed by atoms with van der Waals surface area (Å²) in [6.07, 6.45) is 0.888. The average Bonchev–Trinajstić information content (AvgIpc) is 3.18. The summed E-state index contributed by atoms with van der Waals surface area (Å²) in [6.45, 7) is 7.86. The second-order valence-corrected chi connectivity index (χ2v) is 6.25. The highest BCUT2D eigenvalue weighted by molar-refractivity contribution is 5.93. The van der Waals surface area contributed by atoms with Crippen LogP contribution in [-0.4, -0.2) is 33.0 Å². The molecule has 0 atom stereocenters. The van der Waals surface area contributed by atoms with Gasteiger partial charge < -0.3 is 14.5 Å². The Morgan fingerprint density at radius 2 is 2.04 bits per heavy atom. The quantitative estimate of drug-likeness (QED) is 0.717. The van der Waals surface area contributed by atoms with Crippen molar-refractivity contribution >= 4 is 11.6 Å². The number of nitrogens with one attached hydrogen (secondary N) is 1. The van der Waals surface area contributed by atoms with E-state index in [9.17, 15) is 4.79 Å². The number of rotatable bonds is 6. The molecule has 1 aromatic carbocycles. The van der Waals surface area contributed by atoms with Crippen molar-refractivity contribution in [3.05, 3.63) is 41.0 Å². The van der Waals surface area contributed by atoms with Crippen molar-refractivity contribution in [1.29, 1.82) is 0 Å². The van der Waals surface area contributed by atoms with Crippen LogP contribution in [-0.2, 0) is 17.8 Å². The van der Waals surface area contributed by atoms with E-state index in [2.05, 4.69) is 27.5 Å². The van der Waals surface area contributed by atoms with Crippen LogP contribution in [0.5, 0.6) is 5.75 Å². The lowest BCUT2D eigenvalue weighted by Crippen LogP contribution is -2.20. The van der Waals surface area contributed by atoms with Crippen molar-refractivity contribution in [3.63, 3.8) is 0 Å². The number of benzene rings is 1. The van der Waals surface area contributed by atoms with Crippen LogP contribution in [0.25, 0.3) is 11.5 Å². The number of carbonyl (C=O) groups is 1. The molecule has 0 saturated heterocycles. The molecule has 8 heteroatoms. The summed E-state index contributed by atoms with van der Waals surface area (Å²) in [5.41, 5.74) is 4.37. The van der Waals surface area contributed by atoms with Gasteiger partial charge in [0.2, 0.25) is 17.7 Å². The number of hydrogen-bond donors (Lipinski definition) is 1. The molecule has 8 nitrogen and oxygen atoms in total. The Morgan fingerprint density at radius 3 is 2.63 bits per heavy atom. The van der Waals surface area contributed by atoms with Gasteiger partial charge in [-0.15, -0.1) is 10.2 Å². The third-order valence-corrected chi connectivity index (χ3v) is 4.42. The molecule has 3 rings (SSSR count). The molecule has 2 aromatic heterocycles. The van der Waals surface area contributed by atoms with Crippen molar-refractivity contribution in [2.24, 2.45) is 0 Å². The number of amides is 1. The van der Waals surface area contributed by atoms with Crippen molar-refractivity contribution in [3.8, 4) is 17.2 Å². The number of ether oxygens (including phenoxy) is 1. The van der Waals surface area contributed by atoms with E-state index >= 15 is 0 Å². The number of methoxy groups -OCH3 is 1. The van der Waals surface area contributed by atoms with Crippen LogP contribution in [0.3, 0.4) is 0 Å². The van der Waals surface area contributed by atoms with Crippen LogP contribution >= 0.6 is 0 Å². The van der Waals surface area contributed by atoms with E-state index in [0.717, 1.165) is 17.8 Å². The molecule has 27 heavy (non-hydrogen) atoms. The lowest BCUT2D eigenvalue weighted by Gasteiger charge is -2.12. The van der Waals surface area contributed by atoms with Gasteiger partial charge in [0.15, 0.2) is 0 Å². The molecule has 2 heterocycles. The summed E-state index contributed by atoms with van der Waals surface area (Å²) in [6, 6.07) is 5.31. The zero-order chi connectivity index (χ0) is 19.6. The summed E-state index contributed by atoms with van der Waals surface area (Å²) in [4.78, 5) is 12.6. The van der Waals surface area contributed by atoms with E-state index < -0.39 is 0 Å². The van der Waals surface area contributed by atoms with Crippen molar-refractivity contribution in [2.75, 3.05) is 12.4 Å². The Bertz CT molecular complexity index is 974. The minimum Gasteiger partial charge on any atom is -0.495 e. The summed E-state index contributed by atoms with van der Waals surface area (Å²) < 4.78 is 12.5. The molecule has 0 fully saturated rings. The van der Waals surface area contributed by atoms with E-state index in [4.69, 9.17) is 9.15 Å². The first-order chi connectivity index (χ1) is 12.9. The molecule has 0 aliphatic heterocycles. The second-order valence-electron chi connectivity index (χ2n) is 6.25. The van der Waals surface area contributed by atoms with Crippen molar-refractivity contribution < 1.29 is 13.9 Å². The number of anilines is 1. The fraction of sp³-hybridized carbons (Fsp3) is 0.368. The predicted molar refractivity (Wildman–Crippen MR) is 101 cm³/mol.